The molecule has 1 fully saturated rings. The first-order valence-corrected chi connectivity index (χ1v) is 7.78. The molecule has 5 heteroatoms. The minimum atomic E-state index is -0.254. The molecule has 1 N–H and O–H groups in total. The van der Waals surface area contributed by atoms with Crippen molar-refractivity contribution in [1.29, 1.82) is 0 Å². The van der Waals surface area contributed by atoms with E-state index in [0.717, 1.165) is 31.2 Å². The molecule has 22 heavy (non-hydrogen) atoms. The number of benzene rings is 1. The molecule has 1 aromatic heterocycles. The number of nitrogens with zero attached hydrogens (tertiary/aromatic N) is 2. The Balaban J connectivity index is 1.60. The van der Waals surface area contributed by atoms with Gasteiger partial charge >= 0.3 is 0 Å². The average molecular weight is 301 g/mol. The molecule has 0 bridgehead atoms. The lowest BCUT2D eigenvalue weighted by Crippen LogP contribution is -2.24. The van der Waals surface area contributed by atoms with Crippen LogP contribution >= 0.6 is 0 Å². The average Bonchev–Trinajstić information content (AvgIpc) is 2.95. The quantitative estimate of drug-likeness (QED) is 0.938. The summed E-state index contributed by atoms with van der Waals surface area (Å²) in [7, 11) is 0. The maximum atomic E-state index is 13.2. The Morgan fingerprint density at radius 2 is 2.14 bits per heavy atom. The molecule has 0 aliphatic heterocycles. The summed E-state index contributed by atoms with van der Waals surface area (Å²) in [4.78, 5) is 12.2. The van der Waals surface area contributed by atoms with E-state index in [0.29, 0.717) is 12.2 Å². The summed E-state index contributed by atoms with van der Waals surface area (Å²) >= 11 is 0. The smallest absolute Gasteiger partial charge is 0.227 e. The summed E-state index contributed by atoms with van der Waals surface area (Å²) in [5, 5.41) is 7.15. The van der Waals surface area contributed by atoms with Crippen molar-refractivity contribution in [3.63, 3.8) is 0 Å². The van der Waals surface area contributed by atoms with Crippen LogP contribution in [0.3, 0.4) is 0 Å². The van der Waals surface area contributed by atoms with Crippen LogP contribution in [0.5, 0.6) is 0 Å². The van der Waals surface area contributed by atoms with Crippen molar-refractivity contribution in [1.82, 2.24) is 9.78 Å². The molecule has 2 aromatic rings. The van der Waals surface area contributed by atoms with Crippen molar-refractivity contribution in [2.45, 2.75) is 38.6 Å². The third-order valence-electron chi connectivity index (χ3n) is 4.11. The minimum Gasteiger partial charge on any atom is -0.323 e. The van der Waals surface area contributed by atoms with Gasteiger partial charge < -0.3 is 5.32 Å². The van der Waals surface area contributed by atoms with Crippen LogP contribution in [0, 0.1) is 11.7 Å². The lowest BCUT2D eigenvalue weighted by atomic mass is 9.89. The van der Waals surface area contributed by atoms with Crippen LogP contribution in [0.2, 0.25) is 0 Å². The van der Waals surface area contributed by atoms with Crippen LogP contribution < -0.4 is 5.32 Å². The highest BCUT2D eigenvalue weighted by Gasteiger charge is 2.21. The van der Waals surface area contributed by atoms with E-state index in [-0.39, 0.29) is 17.6 Å². The van der Waals surface area contributed by atoms with Crippen molar-refractivity contribution in [2.75, 3.05) is 5.32 Å². The van der Waals surface area contributed by atoms with Crippen molar-refractivity contribution in [3.8, 4) is 0 Å². The van der Waals surface area contributed by atoms with Gasteiger partial charge in [0.25, 0.3) is 0 Å². The van der Waals surface area contributed by atoms with Gasteiger partial charge in [-0.05, 0) is 30.5 Å². The Kier molecular flexibility index (Phi) is 4.51. The number of aromatic nitrogens is 2. The summed E-state index contributed by atoms with van der Waals surface area (Å²) < 4.78 is 14.9. The topological polar surface area (TPSA) is 46.9 Å². The second kappa shape index (κ2) is 6.73. The van der Waals surface area contributed by atoms with Gasteiger partial charge in [0.2, 0.25) is 5.91 Å². The van der Waals surface area contributed by atoms with Gasteiger partial charge in [-0.3, -0.25) is 9.48 Å². The molecule has 0 unspecified atom stereocenters. The van der Waals surface area contributed by atoms with Crippen LogP contribution in [-0.2, 0) is 11.3 Å². The standard InChI is InChI=1S/C17H20FN3O/c18-15-8-4-5-13(9-15)11-21-12-16(10-19-21)20-17(22)14-6-2-1-3-7-14/h4-5,8-10,12,14H,1-3,6-7,11H2,(H,20,22). The third-order valence-corrected chi connectivity index (χ3v) is 4.11. The maximum Gasteiger partial charge on any atom is 0.227 e. The molecule has 1 aliphatic carbocycles. The predicted molar refractivity (Wildman–Crippen MR) is 82.9 cm³/mol. The number of carbonyl (C=O) groups is 1. The highest BCUT2D eigenvalue weighted by atomic mass is 19.1. The number of hydrogen-bond donors (Lipinski definition) is 1. The summed E-state index contributed by atoms with van der Waals surface area (Å²) in [6.45, 7) is 0.483. The molecule has 1 aliphatic rings. The van der Waals surface area contributed by atoms with E-state index in [9.17, 15) is 9.18 Å². The molecule has 0 saturated heterocycles. The van der Waals surface area contributed by atoms with E-state index < -0.39 is 0 Å². The van der Waals surface area contributed by atoms with Crippen molar-refractivity contribution < 1.29 is 9.18 Å². The molecule has 1 heterocycles. The summed E-state index contributed by atoms with van der Waals surface area (Å²) in [5.74, 6) is -0.0409. The lowest BCUT2D eigenvalue weighted by Gasteiger charge is -2.20. The van der Waals surface area contributed by atoms with Gasteiger partial charge in [-0.1, -0.05) is 31.4 Å². The molecule has 116 valence electrons. The zero-order valence-electron chi connectivity index (χ0n) is 12.5. The van der Waals surface area contributed by atoms with Gasteiger partial charge in [-0.15, -0.1) is 0 Å². The molecule has 3 rings (SSSR count). The molecule has 1 amide bonds. The number of amides is 1. The Labute approximate surface area is 129 Å². The minimum absolute atomic E-state index is 0.0880. The van der Waals surface area contributed by atoms with E-state index >= 15 is 0 Å². The van der Waals surface area contributed by atoms with E-state index in [1.165, 1.54) is 18.6 Å². The van der Waals surface area contributed by atoms with Gasteiger partial charge in [0.15, 0.2) is 0 Å². The Morgan fingerprint density at radius 1 is 1.32 bits per heavy atom. The van der Waals surface area contributed by atoms with E-state index in [4.69, 9.17) is 0 Å². The highest BCUT2D eigenvalue weighted by molar-refractivity contribution is 5.92. The molecule has 0 atom stereocenters. The fourth-order valence-electron chi connectivity index (χ4n) is 2.95. The summed E-state index contributed by atoms with van der Waals surface area (Å²) in [6.07, 6.45) is 8.88. The molecule has 0 radical (unpaired) electrons. The summed E-state index contributed by atoms with van der Waals surface area (Å²) in [6, 6.07) is 6.44. The van der Waals surface area contributed by atoms with Gasteiger partial charge in [-0.2, -0.15) is 5.10 Å². The second-order valence-electron chi connectivity index (χ2n) is 5.88. The van der Waals surface area contributed by atoms with Gasteiger partial charge in [0, 0.05) is 12.1 Å². The Hall–Kier alpha value is -2.17. The van der Waals surface area contributed by atoms with Gasteiger partial charge in [0.1, 0.15) is 5.82 Å². The number of anilines is 1. The molecule has 1 aromatic carbocycles. The zero-order valence-corrected chi connectivity index (χ0v) is 12.5. The van der Waals surface area contributed by atoms with Crippen LogP contribution in [0.15, 0.2) is 36.7 Å². The number of nitrogens with one attached hydrogen (secondary N) is 1. The molecule has 1 saturated carbocycles. The number of halogens is 1. The first kappa shape index (κ1) is 14.8. The molecule has 4 nitrogen and oxygen atoms in total. The number of carbonyl (C=O) groups excluding carboxylic acids is 1. The normalized spacial score (nSPS) is 15.7. The number of rotatable bonds is 4. The predicted octanol–water partition coefficient (Wildman–Crippen LogP) is 3.59. The first-order chi connectivity index (χ1) is 10.7. The molecule has 0 spiro atoms. The van der Waals surface area contributed by atoms with E-state index in [2.05, 4.69) is 10.4 Å². The Morgan fingerprint density at radius 3 is 2.91 bits per heavy atom. The molecular formula is C17H20FN3O. The largest absolute Gasteiger partial charge is 0.323 e. The molecular weight excluding hydrogens is 281 g/mol. The van der Waals surface area contributed by atoms with Crippen LogP contribution in [0.1, 0.15) is 37.7 Å². The monoisotopic (exact) mass is 301 g/mol. The van der Waals surface area contributed by atoms with Crippen LogP contribution in [-0.4, -0.2) is 15.7 Å². The fraction of sp³-hybridized carbons (Fsp3) is 0.412. The first-order valence-electron chi connectivity index (χ1n) is 7.78. The Bertz CT molecular complexity index is 647. The zero-order chi connectivity index (χ0) is 15.4. The third kappa shape index (κ3) is 3.72. The highest BCUT2D eigenvalue weighted by Crippen LogP contribution is 2.24. The maximum absolute atomic E-state index is 13.2. The SMILES string of the molecule is O=C(Nc1cnn(Cc2cccc(F)c2)c1)C1CCCCC1. The van der Waals surface area contributed by atoms with E-state index in [1.54, 1.807) is 23.1 Å². The van der Waals surface area contributed by atoms with Crippen LogP contribution in [0.25, 0.3) is 0 Å². The van der Waals surface area contributed by atoms with Gasteiger partial charge in [0.05, 0.1) is 18.4 Å². The van der Waals surface area contributed by atoms with Crippen molar-refractivity contribution in [3.05, 3.63) is 48.0 Å². The second-order valence-corrected chi connectivity index (χ2v) is 5.88. The number of hydrogen-bond acceptors (Lipinski definition) is 2. The summed E-state index contributed by atoms with van der Waals surface area (Å²) in [5.41, 5.74) is 1.54. The van der Waals surface area contributed by atoms with E-state index in [1.807, 2.05) is 6.07 Å². The van der Waals surface area contributed by atoms with Crippen molar-refractivity contribution in [2.24, 2.45) is 5.92 Å². The van der Waals surface area contributed by atoms with Crippen LogP contribution in [0.4, 0.5) is 10.1 Å². The van der Waals surface area contributed by atoms with Gasteiger partial charge in [-0.25, -0.2) is 4.39 Å². The van der Waals surface area contributed by atoms with Crippen molar-refractivity contribution >= 4 is 11.6 Å². The fourth-order valence-corrected chi connectivity index (χ4v) is 2.95. The lowest BCUT2D eigenvalue weighted by molar-refractivity contribution is -0.120.